The van der Waals surface area contributed by atoms with Crippen molar-refractivity contribution >= 4 is 0 Å². The molecule has 1 saturated heterocycles. The van der Waals surface area contributed by atoms with E-state index in [-0.39, 0.29) is 0 Å². The van der Waals surface area contributed by atoms with E-state index in [9.17, 15) is 0 Å². The number of hydrogen-bond donors (Lipinski definition) is 1. The Hall–Kier alpha value is -0.0800. The highest BCUT2D eigenvalue weighted by Gasteiger charge is 2.21. The fourth-order valence-corrected chi connectivity index (χ4v) is 2.49. The summed E-state index contributed by atoms with van der Waals surface area (Å²) in [7, 11) is 0. The Morgan fingerprint density at radius 2 is 2.13 bits per heavy atom. The first-order valence-electron chi connectivity index (χ1n) is 6.61. The SMILES string of the molecule is CCCN(CC1CC(C)CCN1)C(C)C. The van der Waals surface area contributed by atoms with Crippen LogP contribution in [-0.2, 0) is 0 Å². The van der Waals surface area contributed by atoms with Crippen molar-refractivity contribution in [3.8, 4) is 0 Å². The summed E-state index contributed by atoms with van der Waals surface area (Å²) in [6, 6.07) is 1.41. The van der Waals surface area contributed by atoms with Gasteiger partial charge in [0.25, 0.3) is 0 Å². The fraction of sp³-hybridized carbons (Fsp3) is 1.00. The van der Waals surface area contributed by atoms with Gasteiger partial charge in [-0.05, 0) is 52.1 Å². The van der Waals surface area contributed by atoms with Crippen molar-refractivity contribution in [2.45, 2.75) is 59.0 Å². The second kappa shape index (κ2) is 6.49. The van der Waals surface area contributed by atoms with E-state index in [1.54, 1.807) is 0 Å². The van der Waals surface area contributed by atoms with Gasteiger partial charge < -0.3 is 5.32 Å². The molecule has 0 bridgehead atoms. The molecule has 0 aromatic carbocycles. The molecule has 1 rings (SSSR count). The van der Waals surface area contributed by atoms with Crippen LogP contribution in [0.5, 0.6) is 0 Å². The molecule has 0 aromatic rings. The molecule has 2 nitrogen and oxygen atoms in total. The molecule has 1 N–H and O–H groups in total. The van der Waals surface area contributed by atoms with E-state index in [0.29, 0.717) is 6.04 Å². The molecule has 1 fully saturated rings. The van der Waals surface area contributed by atoms with Crippen molar-refractivity contribution in [1.82, 2.24) is 10.2 Å². The van der Waals surface area contributed by atoms with Crippen LogP contribution >= 0.6 is 0 Å². The zero-order valence-corrected chi connectivity index (χ0v) is 10.9. The van der Waals surface area contributed by atoms with Crippen molar-refractivity contribution in [1.29, 1.82) is 0 Å². The second-order valence-electron chi connectivity index (χ2n) is 5.37. The third kappa shape index (κ3) is 4.52. The van der Waals surface area contributed by atoms with Gasteiger partial charge in [0.05, 0.1) is 0 Å². The summed E-state index contributed by atoms with van der Waals surface area (Å²) in [5.74, 6) is 0.909. The quantitative estimate of drug-likeness (QED) is 0.753. The van der Waals surface area contributed by atoms with Crippen LogP contribution in [0.2, 0.25) is 0 Å². The highest BCUT2D eigenvalue weighted by Crippen LogP contribution is 2.16. The summed E-state index contributed by atoms with van der Waals surface area (Å²) in [5.41, 5.74) is 0. The largest absolute Gasteiger partial charge is 0.313 e. The maximum absolute atomic E-state index is 3.65. The molecule has 1 heterocycles. The molecule has 1 aliphatic heterocycles. The van der Waals surface area contributed by atoms with Crippen molar-refractivity contribution in [3.63, 3.8) is 0 Å². The van der Waals surface area contributed by atoms with Gasteiger partial charge in [0, 0.05) is 18.6 Å². The molecule has 90 valence electrons. The Balaban J connectivity index is 2.35. The first-order chi connectivity index (χ1) is 7.13. The molecule has 1 aliphatic rings. The fourth-order valence-electron chi connectivity index (χ4n) is 2.49. The van der Waals surface area contributed by atoms with E-state index in [4.69, 9.17) is 0 Å². The van der Waals surface area contributed by atoms with Gasteiger partial charge >= 0.3 is 0 Å². The van der Waals surface area contributed by atoms with Gasteiger partial charge in [-0.3, -0.25) is 4.90 Å². The summed E-state index contributed by atoms with van der Waals surface area (Å²) >= 11 is 0. The van der Waals surface area contributed by atoms with Gasteiger partial charge in [0.2, 0.25) is 0 Å². The van der Waals surface area contributed by atoms with E-state index in [1.165, 1.54) is 38.9 Å². The highest BCUT2D eigenvalue weighted by atomic mass is 15.2. The van der Waals surface area contributed by atoms with Gasteiger partial charge in [0.15, 0.2) is 0 Å². The lowest BCUT2D eigenvalue weighted by Crippen LogP contribution is -2.47. The summed E-state index contributed by atoms with van der Waals surface area (Å²) in [4.78, 5) is 2.61. The highest BCUT2D eigenvalue weighted by molar-refractivity contribution is 4.80. The van der Waals surface area contributed by atoms with Gasteiger partial charge in [-0.2, -0.15) is 0 Å². The number of rotatable bonds is 5. The smallest absolute Gasteiger partial charge is 0.0197 e. The second-order valence-corrected chi connectivity index (χ2v) is 5.37. The molecule has 0 radical (unpaired) electrons. The van der Waals surface area contributed by atoms with Crippen molar-refractivity contribution in [3.05, 3.63) is 0 Å². The van der Waals surface area contributed by atoms with E-state index in [0.717, 1.165) is 12.0 Å². The van der Waals surface area contributed by atoms with Crippen LogP contribution in [0.4, 0.5) is 0 Å². The van der Waals surface area contributed by atoms with Crippen LogP contribution in [0.25, 0.3) is 0 Å². The molecule has 2 unspecified atom stereocenters. The van der Waals surface area contributed by atoms with Crippen molar-refractivity contribution in [2.24, 2.45) is 5.92 Å². The first-order valence-corrected chi connectivity index (χ1v) is 6.61. The molecule has 0 saturated carbocycles. The maximum atomic E-state index is 3.65. The zero-order valence-electron chi connectivity index (χ0n) is 10.9. The van der Waals surface area contributed by atoms with Gasteiger partial charge in [-0.25, -0.2) is 0 Å². The average Bonchev–Trinajstić information content (AvgIpc) is 2.17. The minimum absolute atomic E-state index is 0.684. The predicted octanol–water partition coefficient (Wildman–Crippen LogP) is 2.49. The van der Waals surface area contributed by atoms with Gasteiger partial charge in [0.1, 0.15) is 0 Å². The third-order valence-electron chi connectivity index (χ3n) is 3.45. The third-order valence-corrected chi connectivity index (χ3v) is 3.45. The van der Waals surface area contributed by atoms with Gasteiger partial charge in [-0.15, -0.1) is 0 Å². The average molecular weight is 212 g/mol. The molecule has 0 spiro atoms. The van der Waals surface area contributed by atoms with Gasteiger partial charge in [-0.1, -0.05) is 13.8 Å². The van der Waals surface area contributed by atoms with Crippen molar-refractivity contribution < 1.29 is 0 Å². The lowest BCUT2D eigenvalue weighted by molar-refractivity contribution is 0.173. The number of nitrogens with zero attached hydrogens (tertiary/aromatic N) is 1. The van der Waals surface area contributed by atoms with Crippen LogP contribution < -0.4 is 5.32 Å². The molecule has 2 atom stereocenters. The molecular formula is C13H28N2. The molecule has 15 heavy (non-hydrogen) atoms. The Morgan fingerprint density at radius 1 is 1.40 bits per heavy atom. The van der Waals surface area contributed by atoms with E-state index >= 15 is 0 Å². The van der Waals surface area contributed by atoms with Crippen LogP contribution in [0.3, 0.4) is 0 Å². The van der Waals surface area contributed by atoms with E-state index < -0.39 is 0 Å². The molecule has 0 aliphatic carbocycles. The number of nitrogens with one attached hydrogen (secondary N) is 1. The zero-order chi connectivity index (χ0) is 11.3. The molecular weight excluding hydrogens is 184 g/mol. The summed E-state index contributed by atoms with van der Waals surface area (Å²) in [6.45, 7) is 13.0. The molecule has 0 amide bonds. The monoisotopic (exact) mass is 212 g/mol. The standard InChI is InChI=1S/C13H28N2/c1-5-8-15(11(2)3)10-13-9-12(4)6-7-14-13/h11-14H,5-10H2,1-4H3. The number of hydrogen-bond acceptors (Lipinski definition) is 2. The first kappa shape index (κ1) is 13.0. The Bertz CT molecular complexity index is 168. The Kier molecular flexibility index (Phi) is 5.62. The summed E-state index contributed by atoms with van der Waals surface area (Å²) in [5, 5.41) is 3.65. The van der Waals surface area contributed by atoms with Crippen LogP contribution in [-0.4, -0.2) is 36.6 Å². The Morgan fingerprint density at radius 3 is 2.67 bits per heavy atom. The summed E-state index contributed by atoms with van der Waals surface area (Å²) in [6.07, 6.45) is 3.97. The maximum Gasteiger partial charge on any atom is 0.0197 e. The minimum atomic E-state index is 0.684. The Labute approximate surface area is 95.4 Å². The predicted molar refractivity (Wildman–Crippen MR) is 67.2 cm³/mol. The lowest BCUT2D eigenvalue weighted by atomic mass is 9.94. The topological polar surface area (TPSA) is 15.3 Å². The lowest BCUT2D eigenvalue weighted by Gasteiger charge is -2.34. The number of piperidine rings is 1. The molecule has 2 heteroatoms. The van der Waals surface area contributed by atoms with Crippen LogP contribution in [0, 0.1) is 5.92 Å². The van der Waals surface area contributed by atoms with E-state index in [2.05, 4.69) is 37.9 Å². The van der Waals surface area contributed by atoms with Crippen LogP contribution in [0.1, 0.15) is 47.0 Å². The van der Waals surface area contributed by atoms with Crippen LogP contribution in [0.15, 0.2) is 0 Å². The minimum Gasteiger partial charge on any atom is -0.313 e. The van der Waals surface area contributed by atoms with Crippen molar-refractivity contribution in [2.75, 3.05) is 19.6 Å². The normalized spacial score (nSPS) is 27.6. The van der Waals surface area contributed by atoms with E-state index in [1.807, 2.05) is 0 Å². The summed E-state index contributed by atoms with van der Waals surface area (Å²) < 4.78 is 0. The molecule has 0 aromatic heterocycles.